The van der Waals surface area contributed by atoms with Crippen LogP contribution in [-0.2, 0) is 22.6 Å². The second-order valence-corrected chi connectivity index (χ2v) is 8.57. The topological polar surface area (TPSA) is 54.9 Å². The van der Waals surface area contributed by atoms with Crippen LogP contribution < -0.4 is 10.6 Å². The Morgan fingerprint density at radius 1 is 1.23 bits per heavy atom. The van der Waals surface area contributed by atoms with E-state index in [0.29, 0.717) is 30.2 Å². The number of halogens is 3. The summed E-state index contributed by atoms with van der Waals surface area (Å²) in [5, 5.41) is 7.02. The highest BCUT2D eigenvalue weighted by Gasteiger charge is 2.66. The molecule has 0 amide bonds. The molecule has 1 saturated heterocycles. The van der Waals surface area contributed by atoms with Gasteiger partial charge in [0.2, 0.25) is 0 Å². The van der Waals surface area contributed by atoms with E-state index in [1.165, 1.54) is 19.3 Å². The lowest BCUT2D eigenvalue weighted by atomic mass is 9.46. The number of benzene rings is 1. The maximum atomic E-state index is 12.2. The van der Waals surface area contributed by atoms with Gasteiger partial charge < -0.3 is 20.1 Å². The van der Waals surface area contributed by atoms with Crippen molar-refractivity contribution < 1.29 is 22.6 Å². The first-order valence-corrected chi connectivity index (χ1v) is 10.8. The fourth-order valence-electron chi connectivity index (χ4n) is 5.12. The monoisotopic (exact) mass is 425 g/mol. The Hall–Kier alpha value is -1.80. The standard InChI is InChI=1S/C22H30F3N3O2/c1-2-26-20(28-18-17-8-11-30-19(17)21(18)9-3-10-21)27-12-15-4-6-16(7-5-15)13-29-14-22(23,24)25/h4-7,17-19H,2-3,8-14H2,1H3,(H2,26,27,28). The van der Waals surface area contributed by atoms with Crippen LogP contribution in [0.3, 0.4) is 0 Å². The van der Waals surface area contributed by atoms with E-state index in [4.69, 9.17) is 14.5 Å². The second kappa shape index (κ2) is 8.75. The highest BCUT2D eigenvalue weighted by Crippen LogP contribution is 2.62. The quantitative estimate of drug-likeness (QED) is 0.516. The zero-order chi connectivity index (χ0) is 21.2. The van der Waals surface area contributed by atoms with E-state index >= 15 is 0 Å². The molecule has 0 aromatic heterocycles. The molecule has 30 heavy (non-hydrogen) atoms. The largest absolute Gasteiger partial charge is 0.411 e. The lowest BCUT2D eigenvalue weighted by molar-refractivity contribution is -0.176. The van der Waals surface area contributed by atoms with Gasteiger partial charge in [-0.25, -0.2) is 4.99 Å². The number of guanidine groups is 1. The van der Waals surface area contributed by atoms with Crippen LogP contribution in [0, 0.1) is 11.3 Å². The fraction of sp³-hybridized carbons (Fsp3) is 0.682. The number of hydrogen-bond acceptors (Lipinski definition) is 3. The summed E-state index contributed by atoms with van der Waals surface area (Å²) in [4.78, 5) is 4.74. The van der Waals surface area contributed by atoms with E-state index in [2.05, 4.69) is 10.6 Å². The van der Waals surface area contributed by atoms with Gasteiger partial charge in [0.1, 0.15) is 6.61 Å². The van der Waals surface area contributed by atoms with Crippen LogP contribution in [0.15, 0.2) is 29.3 Å². The minimum atomic E-state index is -4.30. The van der Waals surface area contributed by atoms with Crippen LogP contribution in [0.2, 0.25) is 0 Å². The molecular formula is C22H30F3N3O2. The maximum Gasteiger partial charge on any atom is 0.411 e. The summed E-state index contributed by atoms with van der Waals surface area (Å²) in [5.74, 6) is 1.39. The van der Waals surface area contributed by atoms with Crippen molar-refractivity contribution in [3.8, 4) is 0 Å². The lowest BCUT2D eigenvalue weighted by Gasteiger charge is -2.63. The Labute approximate surface area is 175 Å². The summed E-state index contributed by atoms with van der Waals surface area (Å²) < 4.78 is 47.2. The smallest absolute Gasteiger partial charge is 0.377 e. The van der Waals surface area contributed by atoms with Crippen molar-refractivity contribution in [2.45, 2.75) is 64.1 Å². The van der Waals surface area contributed by atoms with Gasteiger partial charge >= 0.3 is 6.18 Å². The van der Waals surface area contributed by atoms with Crippen molar-refractivity contribution >= 4 is 5.96 Å². The molecule has 1 heterocycles. The Kier molecular flexibility index (Phi) is 6.25. The first kappa shape index (κ1) is 21.4. The minimum Gasteiger partial charge on any atom is -0.377 e. The summed E-state index contributed by atoms with van der Waals surface area (Å²) >= 11 is 0. The van der Waals surface area contributed by atoms with E-state index in [0.717, 1.165) is 31.1 Å². The van der Waals surface area contributed by atoms with Crippen LogP contribution in [0.4, 0.5) is 13.2 Å². The van der Waals surface area contributed by atoms with Gasteiger partial charge in [0.05, 0.1) is 19.3 Å². The first-order chi connectivity index (χ1) is 14.4. The molecule has 4 rings (SSSR count). The zero-order valence-electron chi connectivity index (χ0n) is 17.3. The normalized spacial score (nSPS) is 27.3. The molecule has 0 radical (unpaired) electrons. The van der Waals surface area contributed by atoms with Crippen molar-refractivity contribution in [3.05, 3.63) is 35.4 Å². The lowest BCUT2D eigenvalue weighted by Crippen LogP contribution is -2.72. The van der Waals surface area contributed by atoms with Gasteiger partial charge in [-0.05, 0) is 37.3 Å². The highest BCUT2D eigenvalue weighted by molar-refractivity contribution is 5.80. The van der Waals surface area contributed by atoms with Crippen molar-refractivity contribution in [2.75, 3.05) is 19.8 Å². The molecule has 3 atom stereocenters. The molecule has 3 fully saturated rings. The molecule has 3 unspecified atom stereocenters. The molecule has 0 bridgehead atoms. The molecule has 8 heteroatoms. The SMILES string of the molecule is CCNC(=NCc1ccc(COCC(F)(F)F)cc1)NC1C2CCOC2C12CCC2. The molecule has 2 saturated carbocycles. The summed E-state index contributed by atoms with van der Waals surface area (Å²) in [7, 11) is 0. The van der Waals surface area contributed by atoms with Crippen LogP contribution in [0.5, 0.6) is 0 Å². The van der Waals surface area contributed by atoms with E-state index < -0.39 is 12.8 Å². The van der Waals surface area contributed by atoms with Crippen LogP contribution >= 0.6 is 0 Å². The second-order valence-electron chi connectivity index (χ2n) is 8.57. The number of alkyl halides is 3. The number of aliphatic imine (C=N–C) groups is 1. The average molecular weight is 425 g/mol. The van der Waals surface area contributed by atoms with E-state index in [-0.39, 0.29) is 12.0 Å². The van der Waals surface area contributed by atoms with Gasteiger partial charge in [0.15, 0.2) is 5.96 Å². The van der Waals surface area contributed by atoms with Crippen LogP contribution in [0.25, 0.3) is 0 Å². The Balaban J connectivity index is 1.33. The van der Waals surface area contributed by atoms with E-state index in [1.807, 2.05) is 19.1 Å². The third-order valence-electron chi connectivity index (χ3n) is 6.65. The summed E-state index contributed by atoms with van der Waals surface area (Å²) in [6.07, 6.45) is 0.956. The summed E-state index contributed by atoms with van der Waals surface area (Å²) in [5.41, 5.74) is 2.00. The summed E-state index contributed by atoms with van der Waals surface area (Å²) in [6, 6.07) is 7.77. The number of ether oxygens (including phenoxy) is 2. The summed E-state index contributed by atoms with van der Waals surface area (Å²) in [6.45, 7) is 2.92. The highest BCUT2D eigenvalue weighted by atomic mass is 19.4. The first-order valence-electron chi connectivity index (χ1n) is 10.8. The predicted octanol–water partition coefficient (Wildman–Crippen LogP) is 3.78. The molecule has 5 nitrogen and oxygen atoms in total. The minimum absolute atomic E-state index is 0.0539. The van der Waals surface area contributed by atoms with Gasteiger partial charge in [0.25, 0.3) is 0 Å². The van der Waals surface area contributed by atoms with Crippen molar-refractivity contribution in [3.63, 3.8) is 0 Å². The number of rotatable bonds is 7. The molecular weight excluding hydrogens is 395 g/mol. The Morgan fingerprint density at radius 3 is 2.60 bits per heavy atom. The van der Waals surface area contributed by atoms with Crippen LogP contribution in [-0.4, -0.2) is 44.0 Å². The number of nitrogens with zero attached hydrogens (tertiary/aromatic N) is 1. The Morgan fingerprint density at radius 2 is 1.97 bits per heavy atom. The number of hydrogen-bond donors (Lipinski definition) is 2. The zero-order valence-corrected chi connectivity index (χ0v) is 17.3. The van der Waals surface area contributed by atoms with E-state index in [9.17, 15) is 13.2 Å². The van der Waals surface area contributed by atoms with Gasteiger partial charge in [-0.2, -0.15) is 13.2 Å². The molecule has 1 aromatic rings. The molecule has 166 valence electrons. The van der Waals surface area contributed by atoms with Gasteiger partial charge in [-0.15, -0.1) is 0 Å². The van der Waals surface area contributed by atoms with Crippen molar-refractivity contribution in [1.82, 2.24) is 10.6 Å². The maximum absolute atomic E-state index is 12.2. The van der Waals surface area contributed by atoms with Crippen molar-refractivity contribution in [1.29, 1.82) is 0 Å². The molecule has 1 aliphatic heterocycles. The third-order valence-corrected chi connectivity index (χ3v) is 6.65. The van der Waals surface area contributed by atoms with Crippen LogP contribution in [0.1, 0.15) is 43.7 Å². The third kappa shape index (κ3) is 4.44. The van der Waals surface area contributed by atoms with E-state index in [1.54, 1.807) is 12.1 Å². The molecule has 3 aliphatic rings. The predicted molar refractivity (Wildman–Crippen MR) is 108 cm³/mol. The van der Waals surface area contributed by atoms with Crippen molar-refractivity contribution in [2.24, 2.45) is 16.3 Å². The average Bonchev–Trinajstić information content (AvgIpc) is 3.08. The Bertz CT molecular complexity index is 747. The number of fused-ring (bicyclic) bond motifs is 2. The number of nitrogens with one attached hydrogen (secondary N) is 2. The van der Waals surface area contributed by atoms with Gasteiger partial charge in [0, 0.05) is 30.5 Å². The molecule has 1 spiro atoms. The fourth-order valence-corrected chi connectivity index (χ4v) is 5.12. The molecule has 1 aromatic carbocycles. The molecule has 2 aliphatic carbocycles. The van der Waals surface area contributed by atoms with Gasteiger partial charge in [-0.3, -0.25) is 0 Å². The molecule has 2 N–H and O–H groups in total. The van der Waals surface area contributed by atoms with Gasteiger partial charge in [-0.1, -0.05) is 30.7 Å².